The lowest BCUT2D eigenvalue weighted by atomic mass is 10.3. The van der Waals surface area contributed by atoms with E-state index in [1.54, 1.807) is 0 Å². The van der Waals surface area contributed by atoms with Gasteiger partial charge in [-0.1, -0.05) is 0 Å². The molecule has 0 radical (unpaired) electrons. The molecule has 18 heavy (non-hydrogen) atoms. The summed E-state index contributed by atoms with van der Waals surface area (Å²) in [5.74, 6) is -2.12. The van der Waals surface area contributed by atoms with Gasteiger partial charge in [0.25, 0.3) is 0 Å². The molecule has 0 saturated carbocycles. The number of carbonyl (C=O) groups excluding carboxylic acids is 3. The summed E-state index contributed by atoms with van der Waals surface area (Å²) >= 11 is 0. The van der Waals surface area contributed by atoms with Crippen LogP contribution in [-0.2, 0) is 28.7 Å². The summed E-state index contributed by atoms with van der Waals surface area (Å²) in [6, 6.07) is 0. The van der Waals surface area contributed by atoms with Crippen LogP contribution in [0.1, 0.15) is 32.1 Å². The molecule has 0 saturated heterocycles. The summed E-state index contributed by atoms with van der Waals surface area (Å²) in [5.41, 5.74) is 0. The molecule has 0 atom stereocenters. The van der Waals surface area contributed by atoms with Gasteiger partial charge in [-0.15, -0.1) is 0 Å². The third kappa shape index (κ3) is 10.6. The van der Waals surface area contributed by atoms with Crippen molar-refractivity contribution >= 4 is 24.2 Å². The van der Waals surface area contributed by atoms with Crippen LogP contribution in [0.4, 0.5) is 0 Å². The van der Waals surface area contributed by atoms with Crippen molar-refractivity contribution in [3.8, 4) is 0 Å². The third-order valence-electron chi connectivity index (χ3n) is 1.82. The number of esters is 2. The molecular formula is C11H16O7. The van der Waals surface area contributed by atoms with Crippen molar-refractivity contribution in [2.75, 3.05) is 13.2 Å². The zero-order valence-corrected chi connectivity index (χ0v) is 9.92. The van der Waals surface area contributed by atoms with Crippen molar-refractivity contribution in [3.63, 3.8) is 0 Å². The topological polar surface area (TPSA) is 107 Å². The lowest BCUT2D eigenvalue weighted by Gasteiger charge is -2.05. The summed E-state index contributed by atoms with van der Waals surface area (Å²) in [5, 5.41) is 8.31. The van der Waals surface area contributed by atoms with Gasteiger partial charge in [-0.3, -0.25) is 14.4 Å². The van der Waals surface area contributed by atoms with Crippen molar-refractivity contribution in [1.29, 1.82) is 0 Å². The number of carboxylic acids is 1. The summed E-state index contributed by atoms with van der Waals surface area (Å²) in [6.45, 7) is 0.170. The Morgan fingerprint density at radius 2 is 1.50 bits per heavy atom. The van der Waals surface area contributed by atoms with Crippen LogP contribution in [-0.4, -0.2) is 42.5 Å². The molecule has 102 valence electrons. The molecule has 0 rings (SSSR count). The van der Waals surface area contributed by atoms with Gasteiger partial charge in [-0.2, -0.15) is 0 Å². The second-order valence-corrected chi connectivity index (χ2v) is 3.39. The molecule has 7 nitrogen and oxygen atoms in total. The largest absolute Gasteiger partial charge is 0.481 e. The fourth-order valence-corrected chi connectivity index (χ4v) is 0.961. The van der Waals surface area contributed by atoms with Gasteiger partial charge < -0.3 is 19.4 Å². The summed E-state index contributed by atoms with van der Waals surface area (Å²) in [4.78, 5) is 42.0. The first-order valence-electron chi connectivity index (χ1n) is 5.53. The molecule has 0 unspecified atom stereocenters. The quantitative estimate of drug-likeness (QED) is 0.342. The molecule has 0 aliphatic rings. The number of ether oxygens (including phenoxy) is 2. The van der Waals surface area contributed by atoms with Gasteiger partial charge in [0.15, 0.2) is 0 Å². The van der Waals surface area contributed by atoms with Crippen molar-refractivity contribution in [2.45, 2.75) is 32.1 Å². The highest BCUT2D eigenvalue weighted by Gasteiger charge is 2.06. The number of carbonyl (C=O) groups is 4. The number of aldehydes is 1. The van der Waals surface area contributed by atoms with Crippen LogP contribution < -0.4 is 0 Å². The van der Waals surface area contributed by atoms with Crippen molar-refractivity contribution in [2.24, 2.45) is 0 Å². The minimum absolute atomic E-state index is 0.0436. The lowest BCUT2D eigenvalue weighted by Crippen LogP contribution is -2.11. The molecule has 0 heterocycles. The molecule has 0 spiro atoms. The van der Waals surface area contributed by atoms with E-state index < -0.39 is 17.9 Å². The van der Waals surface area contributed by atoms with Gasteiger partial charge in [0.05, 0.1) is 32.5 Å². The van der Waals surface area contributed by atoms with Crippen LogP contribution in [0.15, 0.2) is 0 Å². The second kappa shape index (κ2) is 10.2. The monoisotopic (exact) mass is 260 g/mol. The molecule has 0 aliphatic carbocycles. The summed E-state index contributed by atoms with van der Waals surface area (Å²) in [7, 11) is 0. The van der Waals surface area contributed by atoms with E-state index in [1.807, 2.05) is 0 Å². The Morgan fingerprint density at radius 3 is 2.00 bits per heavy atom. The number of hydrogen-bond donors (Lipinski definition) is 1. The van der Waals surface area contributed by atoms with Crippen LogP contribution in [0.3, 0.4) is 0 Å². The van der Waals surface area contributed by atoms with E-state index in [0.717, 1.165) is 0 Å². The maximum atomic E-state index is 11.0. The predicted molar refractivity (Wildman–Crippen MR) is 58.7 cm³/mol. The second-order valence-electron chi connectivity index (χ2n) is 3.39. The van der Waals surface area contributed by atoms with Crippen molar-refractivity contribution < 1.29 is 33.8 Å². The Hall–Kier alpha value is -1.92. The smallest absolute Gasteiger partial charge is 0.306 e. The van der Waals surface area contributed by atoms with Gasteiger partial charge in [0.2, 0.25) is 0 Å². The van der Waals surface area contributed by atoms with Gasteiger partial charge in [-0.05, 0) is 0 Å². The third-order valence-corrected chi connectivity index (χ3v) is 1.82. The molecule has 0 aromatic heterocycles. The highest BCUT2D eigenvalue weighted by atomic mass is 16.5. The number of carboxylic acid groups (broad SMARTS) is 1. The van der Waals surface area contributed by atoms with Crippen LogP contribution in [0.25, 0.3) is 0 Å². The summed E-state index contributed by atoms with van der Waals surface area (Å²) < 4.78 is 9.45. The van der Waals surface area contributed by atoms with Gasteiger partial charge in [-0.25, -0.2) is 0 Å². The van der Waals surface area contributed by atoms with Crippen LogP contribution in [0.5, 0.6) is 0 Å². The van der Waals surface area contributed by atoms with E-state index in [4.69, 9.17) is 14.6 Å². The van der Waals surface area contributed by atoms with Crippen LogP contribution >= 0.6 is 0 Å². The van der Waals surface area contributed by atoms with Crippen molar-refractivity contribution in [1.82, 2.24) is 0 Å². The van der Waals surface area contributed by atoms with Gasteiger partial charge >= 0.3 is 17.9 Å². The van der Waals surface area contributed by atoms with Crippen LogP contribution in [0.2, 0.25) is 0 Å². The van der Waals surface area contributed by atoms with E-state index >= 15 is 0 Å². The zero-order valence-electron chi connectivity index (χ0n) is 9.92. The highest BCUT2D eigenvalue weighted by molar-refractivity contribution is 5.76. The minimum Gasteiger partial charge on any atom is -0.481 e. The molecule has 0 fully saturated rings. The average Bonchev–Trinajstić information content (AvgIpc) is 2.33. The molecule has 0 amide bonds. The molecule has 0 aromatic rings. The summed E-state index contributed by atoms with van der Waals surface area (Å²) in [6.07, 6.45) is 0.704. The number of rotatable bonds is 10. The molecule has 1 N–H and O–H groups in total. The molecular weight excluding hydrogens is 244 g/mol. The fourth-order valence-electron chi connectivity index (χ4n) is 0.961. The maximum Gasteiger partial charge on any atom is 0.306 e. The van der Waals surface area contributed by atoms with Crippen molar-refractivity contribution in [3.05, 3.63) is 0 Å². The molecule has 0 aliphatic heterocycles. The van der Waals surface area contributed by atoms with Crippen LogP contribution in [0, 0.1) is 0 Å². The van der Waals surface area contributed by atoms with E-state index in [-0.39, 0.29) is 38.9 Å². The molecule has 0 bridgehead atoms. The normalized spacial score (nSPS) is 9.56. The van der Waals surface area contributed by atoms with E-state index in [2.05, 4.69) is 0 Å². The highest BCUT2D eigenvalue weighted by Crippen LogP contribution is 1.96. The predicted octanol–water partition coefficient (Wildman–Crippen LogP) is 0.307. The Labute approximate surface area is 104 Å². The Bertz CT molecular complexity index is 298. The minimum atomic E-state index is -1.06. The molecule has 7 heteroatoms. The van der Waals surface area contributed by atoms with E-state index in [9.17, 15) is 19.2 Å². The Balaban J connectivity index is 3.39. The van der Waals surface area contributed by atoms with Gasteiger partial charge in [0.1, 0.15) is 6.29 Å². The number of hydrogen-bond acceptors (Lipinski definition) is 6. The number of aliphatic carboxylic acids is 1. The van der Waals surface area contributed by atoms with E-state index in [1.165, 1.54) is 0 Å². The van der Waals surface area contributed by atoms with Gasteiger partial charge in [0, 0.05) is 12.8 Å². The fraction of sp³-hybridized carbons (Fsp3) is 0.636. The SMILES string of the molecule is O=CCCC(=O)OCCCOC(=O)CCC(=O)O. The van der Waals surface area contributed by atoms with E-state index in [0.29, 0.717) is 12.7 Å². The zero-order chi connectivity index (χ0) is 13.8. The lowest BCUT2D eigenvalue weighted by molar-refractivity contribution is -0.149. The average molecular weight is 260 g/mol. The maximum absolute atomic E-state index is 11.0. The first-order valence-corrected chi connectivity index (χ1v) is 5.53. The first-order chi connectivity index (χ1) is 8.56. The molecule has 0 aromatic carbocycles. The Morgan fingerprint density at radius 1 is 0.944 bits per heavy atom. The standard InChI is InChI=1S/C11H16O7/c12-6-1-3-10(15)17-7-2-8-18-11(16)5-4-9(13)14/h6H,1-5,7-8H2,(H,13,14). The Kier molecular flexibility index (Phi) is 9.15. The first kappa shape index (κ1) is 16.1.